The molecule has 0 N–H and O–H groups in total. The zero-order valence-electron chi connectivity index (χ0n) is 15.7. The van der Waals surface area contributed by atoms with Crippen molar-refractivity contribution in [2.75, 3.05) is 12.8 Å². The number of hydrogen-bond acceptors (Lipinski definition) is 3. The molecule has 0 saturated heterocycles. The molecule has 2 aromatic carbocycles. The number of hydrogen-bond donors (Lipinski definition) is 0. The van der Waals surface area contributed by atoms with Crippen LogP contribution in [0.3, 0.4) is 0 Å². The van der Waals surface area contributed by atoms with E-state index in [-0.39, 0.29) is 0 Å². The number of nitrogens with zero attached hydrogens (tertiary/aromatic N) is 3. The van der Waals surface area contributed by atoms with Crippen molar-refractivity contribution in [1.29, 1.82) is 0 Å². The highest BCUT2D eigenvalue weighted by atomic mass is 32.2. The third-order valence-corrected chi connectivity index (χ3v) is 5.49. The molecule has 1 aromatic heterocycles. The molecule has 0 bridgehead atoms. The summed E-state index contributed by atoms with van der Waals surface area (Å²) in [6.45, 7) is 8.66. The molecule has 1 heterocycles. The lowest BCUT2D eigenvalue weighted by atomic mass is 10.2. The Morgan fingerprint density at radius 3 is 2.69 bits per heavy atom. The summed E-state index contributed by atoms with van der Waals surface area (Å²) in [5.74, 6) is 2.24. The molecule has 0 aliphatic rings. The Kier molecular flexibility index (Phi) is 6.53. The maximum absolute atomic E-state index is 4.90. The van der Waals surface area contributed by atoms with E-state index in [9.17, 15) is 0 Å². The molecular formula is C22H27N3S. The first-order valence-electron chi connectivity index (χ1n) is 9.16. The van der Waals surface area contributed by atoms with Crippen molar-refractivity contribution in [1.82, 2.24) is 14.5 Å². The van der Waals surface area contributed by atoms with Crippen LogP contribution >= 0.6 is 11.8 Å². The van der Waals surface area contributed by atoms with Gasteiger partial charge in [0.2, 0.25) is 0 Å². The summed E-state index contributed by atoms with van der Waals surface area (Å²) in [7, 11) is 2.15. The third kappa shape index (κ3) is 4.57. The molecule has 0 radical (unpaired) electrons. The Hall–Kier alpha value is -2.04. The summed E-state index contributed by atoms with van der Waals surface area (Å²) in [6.07, 6.45) is 3.14. The van der Waals surface area contributed by atoms with Crippen molar-refractivity contribution >= 4 is 22.8 Å². The number of thioether (sulfide) groups is 1. The second-order valence-electron chi connectivity index (χ2n) is 6.58. The molecular weight excluding hydrogens is 338 g/mol. The molecule has 0 saturated carbocycles. The summed E-state index contributed by atoms with van der Waals surface area (Å²) in [4.78, 5) is 8.52. The Morgan fingerprint density at radius 2 is 1.96 bits per heavy atom. The van der Waals surface area contributed by atoms with E-state index in [0.717, 1.165) is 36.7 Å². The smallest absolute Gasteiger partial charge is 0.124 e. The van der Waals surface area contributed by atoms with Crippen molar-refractivity contribution < 1.29 is 0 Å². The van der Waals surface area contributed by atoms with Gasteiger partial charge in [0.15, 0.2) is 0 Å². The van der Waals surface area contributed by atoms with Gasteiger partial charge in [-0.05, 0) is 43.0 Å². The van der Waals surface area contributed by atoms with E-state index in [2.05, 4.69) is 78.5 Å². The van der Waals surface area contributed by atoms with Gasteiger partial charge in [-0.15, -0.1) is 18.3 Å². The van der Waals surface area contributed by atoms with Crippen LogP contribution in [0, 0.1) is 0 Å². The maximum Gasteiger partial charge on any atom is 0.124 e. The molecule has 136 valence electrons. The second kappa shape index (κ2) is 9.06. The molecule has 0 amide bonds. The van der Waals surface area contributed by atoms with E-state index in [1.54, 1.807) is 0 Å². The standard InChI is InChI=1S/C22H27N3S/c1-4-13-25-21-15-19(26-14-5-2)11-12-20(21)23-22(25)17-24(3)16-18-9-7-6-8-10-18/h4,6-12,15H,1,5,13-14,16-17H2,2-3H3. The molecule has 0 fully saturated rings. The first-order valence-corrected chi connectivity index (χ1v) is 10.1. The van der Waals surface area contributed by atoms with E-state index >= 15 is 0 Å². The van der Waals surface area contributed by atoms with Crippen LogP contribution in [0.4, 0.5) is 0 Å². The molecule has 3 nitrogen and oxygen atoms in total. The van der Waals surface area contributed by atoms with Crippen molar-refractivity contribution in [3.63, 3.8) is 0 Å². The lowest BCUT2D eigenvalue weighted by molar-refractivity contribution is 0.307. The molecule has 0 atom stereocenters. The highest BCUT2D eigenvalue weighted by molar-refractivity contribution is 7.99. The summed E-state index contributed by atoms with van der Waals surface area (Å²) in [6, 6.07) is 17.2. The van der Waals surface area contributed by atoms with Crippen molar-refractivity contribution in [2.45, 2.75) is 37.9 Å². The van der Waals surface area contributed by atoms with E-state index in [0.29, 0.717) is 0 Å². The normalized spacial score (nSPS) is 11.3. The van der Waals surface area contributed by atoms with Crippen LogP contribution in [-0.4, -0.2) is 27.3 Å². The van der Waals surface area contributed by atoms with Crippen molar-refractivity contribution in [2.24, 2.45) is 0 Å². The predicted molar refractivity (Wildman–Crippen MR) is 113 cm³/mol. The highest BCUT2D eigenvalue weighted by Crippen LogP contribution is 2.25. The topological polar surface area (TPSA) is 21.1 Å². The van der Waals surface area contributed by atoms with Gasteiger partial charge in [-0.1, -0.05) is 43.3 Å². The number of imidazole rings is 1. The van der Waals surface area contributed by atoms with Gasteiger partial charge in [-0.2, -0.15) is 0 Å². The Morgan fingerprint density at radius 1 is 1.15 bits per heavy atom. The highest BCUT2D eigenvalue weighted by Gasteiger charge is 2.13. The van der Waals surface area contributed by atoms with Gasteiger partial charge in [-0.25, -0.2) is 4.98 Å². The Labute approximate surface area is 160 Å². The van der Waals surface area contributed by atoms with Crippen LogP contribution in [0.25, 0.3) is 11.0 Å². The minimum atomic E-state index is 0.785. The summed E-state index contributed by atoms with van der Waals surface area (Å²) < 4.78 is 2.29. The molecule has 0 aliphatic heterocycles. The first kappa shape index (κ1) is 18.7. The van der Waals surface area contributed by atoms with Crippen LogP contribution in [0.5, 0.6) is 0 Å². The first-order chi connectivity index (χ1) is 12.7. The Bertz CT molecular complexity index is 854. The number of benzene rings is 2. The second-order valence-corrected chi connectivity index (χ2v) is 7.75. The lowest BCUT2D eigenvalue weighted by Crippen LogP contribution is -2.20. The van der Waals surface area contributed by atoms with Gasteiger partial charge < -0.3 is 4.57 Å². The third-order valence-electron chi connectivity index (χ3n) is 4.29. The van der Waals surface area contributed by atoms with Crippen LogP contribution in [-0.2, 0) is 19.6 Å². The van der Waals surface area contributed by atoms with Gasteiger partial charge >= 0.3 is 0 Å². The number of aromatic nitrogens is 2. The molecule has 26 heavy (non-hydrogen) atoms. The Balaban J connectivity index is 1.84. The zero-order chi connectivity index (χ0) is 18.4. The largest absolute Gasteiger partial charge is 0.323 e. The summed E-state index contributed by atoms with van der Waals surface area (Å²) in [5, 5.41) is 0. The fourth-order valence-electron chi connectivity index (χ4n) is 3.11. The average Bonchev–Trinajstić information content (AvgIpc) is 2.97. The van der Waals surface area contributed by atoms with Crippen molar-refractivity contribution in [3.05, 3.63) is 72.6 Å². The minimum Gasteiger partial charge on any atom is -0.323 e. The molecule has 4 heteroatoms. The van der Waals surface area contributed by atoms with Crippen LogP contribution in [0.1, 0.15) is 24.7 Å². The lowest BCUT2D eigenvalue weighted by Gasteiger charge is -2.17. The van der Waals surface area contributed by atoms with E-state index < -0.39 is 0 Å². The fraction of sp³-hybridized carbons (Fsp3) is 0.318. The van der Waals surface area contributed by atoms with Crippen LogP contribution in [0.15, 0.2) is 66.1 Å². The zero-order valence-corrected chi connectivity index (χ0v) is 16.5. The quantitative estimate of drug-likeness (QED) is 0.376. The molecule has 0 unspecified atom stereocenters. The van der Waals surface area contributed by atoms with Gasteiger partial charge in [0.05, 0.1) is 17.6 Å². The van der Waals surface area contributed by atoms with E-state index in [1.165, 1.54) is 22.4 Å². The predicted octanol–water partition coefficient (Wildman–Crippen LogP) is 5.36. The molecule has 3 rings (SSSR count). The van der Waals surface area contributed by atoms with Crippen molar-refractivity contribution in [3.8, 4) is 0 Å². The fourth-order valence-corrected chi connectivity index (χ4v) is 3.91. The number of rotatable bonds is 9. The van der Waals surface area contributed by atoms with Gasteiger partial charge in [-0.3, -0.25) is 4.90 Å². The molecule has 0 aliphatic carbocycles. The minimum absolute atomic E-state index is 0.785. The average molecular weight is 366 g/mol. The van der Waals surface area contributed by atoms with E-state index in [1.807, 2.05) is 17.8 Å². The van der Waals surface area contributed by atoms with E-state index in [4.69, 9.17) is 4.98 Å². The SMILES string of the molecule is C=CCn1c(CN(C)Cc2ccccc2)nc2ccc(SCCC)cc21. The van der Waals surface area contributed by atoms with Crippen LogP contribution < -0.4 is 0 Å². The van der Waals surface area contributed by atoms with Gasteiger partial charge in [0.1, 0.15) is 5.82 Å². The maximum atomic E-state index is 4.90. The monoisotopic (exact) mass is 365 g/mol. The number of fused-ring (bicyclic) bond motifs is 1. The van der Waals surface area contributed by atoms with Crippen LogP contribution in [0.2, 0.25) is 0 Å². The van der Waals surface area contributed by atoms with Gasteiger partial charge in [0.25, 0.3) is 0 Å². The summed E-state index contributed by atoms with van der Waals surface area (Å²) >= 11 is 1.91. The molecule has 0 spiro atoms. The van der Waals surface area contributed by atoms with Gasteiger partial charge in [0, 0.05) is 18.0 Å². The number of allylic oxidation sites excluding steroid dienone is 1. The molecule has 3 aromatic rings. The summed E-state index contributed by atoms with van der Waals surface area (Å²) in [5.41, 5.74) is 3.59.